The van der Waals surface area contributed by atoms with Gasteiger partial charge in [0.1, 0.15) is 0 Å². The summed E-state index contributed by atoms with van der Waals surface area (Å²) in [7, 11) is 0. The molecule has 6 nitrogen and oxygen atoms in total. The number of hydrogen-bond acceptors (Lipinski definition) is 7. The number of thiophene rings is 1. The van der Waals surface area contributed by atoms with Gasteiger partial charge in [-0.1, -0.05) is 65.2 Å². The minimum absolute atomic E-state index is 0.230. The first kappa shape index (κ1) is 34.9. The molecule has 47 heavy (non-hydrogen) atoms. The third kappa shape index (κ3) is 9.79. The number of aromatic nitrogens is 2. The fourth-order valence-electron chi connectivity index (χ4n) is 5.75. The van der Waals surface area contributed by atoms with Crippen molar-refractivity contribution < 1.29 is 14.3 Å². The molecule has 0 bridgehead atoms. The molecule has 0 spiro atoms. The molecule has 2 heterocycles. The second-order valence-corrected chi connectivity index (χ2v) is 14.2. The first-order valence-electron chi connectivity index (χ1n) is 17.3. The van der Waals surface area contributed by atoms with Crippen LogP contribution in [-0.4, -0.2) is 42.4 Å². The monoisotopic (exact) mass is 717 g/mol. The third-order valence-corrected chi connectivity index (χ3v) is 10.5. The van der Waals surface area contributed by atoms with Crippen LogP contribution >= 0.6 is 11.3 Å². The van der Waals surface area contributed by atoms with Crippen LogP contribution in [0.4, 0.5) is 17.1 Å². The van der Waals surface area contributed by atoms with E-state index in [-0.39, 0.29) is 15.0 Å². The summed E-state index contributed by atoms with van der Waals surface area (Å²) in [6, 6.07) is 24.8. The van der Waals surface area contributed by atoms with Crippen LogP contribution in [0.2, 0.25) is 0 Å². The molecule has 5 aromatic rings. The Morgan fingerprint density at radius 3 is 1.70 bits per heavy atom. The van der Waals surface area contributed by atoms with E-state index >= 15 is 0 Å². The van der Waals surface area contributed by atoms with Gasteiger partial charge in [-0.15, -0.1) is 0 Å². The van der Waals surface area contributed by atoms with Crippen LogP contribution in [0.1, 0.15) is 101 Å². The van der Waals surface area contributed by atoms with Gasteiger partial charge in [-0.25, -0.2) is 0 Å². The molecular formula is C39H47N3O3SSe. The first-order valence-corrected chi connectivity index (χ1v) is 19.6. The van der Waals surface area contributed by atoms with Crippen LogP contribution < -0.4 is 14.4 Å². The molecule has 0 atom stereocenters. The van der Waals surface area contributed by atoms with Crippen molar-refractivity contribution in [1.82, 2.24) is 7.96 Å². The van der Waals surface area contributed by atoms with E-state index in [4.69, 9.17) is 17.4 Å². The van der Waals surface area contributed by atoms with Crippen molar-refractivity contribution in [2.24, 2.45) is 0 Å². The van der Waals surface area contributed by atoms with Crippen LogP contribution in [0.5, 0.6) is 11.5 Å². The predicted octanol–water partition coefficient (Wildman–Crippen LogP) is 11.2. The average molecular weight is 717 g/mol. The number of aldehydes is 1. The normalized spacial score (nSPS) is 11.2. The van der Waals surface area contributed by atoms with Gasteiger partial charge in [0.05, 0.1) is 0 Å². The van der Waals surface area contributed by atoms with Gasteiger partial charge in [0, 0.05) is 0 Å². The number of anilines is 3. The maximum atomic E-state index is 11.4. The quantitative estimate of drug-likeness (QED) is 0.0428. The summed E-state index contributed by atoms with van der Waals surface area (Å²) >= 11 is 1.25. The van der Waals surface area contributed by atoms with E-state index in [0.29, 0.717) is 4.88 Å². The molecule has 3 aromatic carbocycles. The molecule has 0 radical (unpaired) electrons. The summed E-state index contributed by atoms with van der Waals surface area (Å²) in [5, 5.41) is 0. The number of unbranched alkanes of at least 4 members (excludes halogenated alkanes) is 10. The van der Waals surface area contributed by atoms with Gasteiger partial charge in [0.25, 0.3) is 0 Å². The van der Waals surface area contributed by atoms with Crippen molar-refractivity contribution in [3.63, 3.8) is 0 Å². The molecule has 0 N–H and O–H groups in total. The summed E-state index contributed by atoms with van der Waals surface area (Å²) in [6.07, 6.45) is 15.8. The fourth-order valence-corrected chi connectivity index (χ4v) is 7.79. The third-order valence-electron chi connectivity index (χ3n) is 8.37. The Kier molecular flexibility index (Phi) is 13.9. The summed E-state index contributed by atoms with van der Waals surface area (Å²) in [5.74, 6) is 1.76. The van der Waals surface area contributed by atoms with E-state index in [1.807, 2.05) is 12.1 Å². The van der Waals surface area contributed by atoms with Crippen molar-refractivity contribution in [1.29, 1.82) is 0 Å². The molecule has 0 fully saturated rings. The van der Waals surface area contributed by atoms with E-state index in [2.05, 4.69) is 79.4 Å². The molecular weight excluding hydrogens is 669 g/mol. The topological polar surface area (TPSA) is 64.6 Å². The van der Waals surface area contributed by atoms with Crippen LogP contribution in [0.3, 0.4) is 0 Å². The zero-order valence-corrected chi connectivity index (χ0v) is 30.3. The van der Waals surface area contributed by atoms with E-state index in [1.165, 1.54) is 75.5 Å². The number of hydrogen-bond donors (Lipinski definition) is 0. The van der Waals surface area contributed by atoms with Gasteiger partial charge in [-0.3, -0.25) is 0 Å². The van der Waals surface area contributed by atoms with Crippen LogP contribution in [-0.2, 0) is 0 Å². The number of fused-ring (bicyclic) bond motifs is 1. The summed E-state index contributed by atoms with van der Waals surface area (Å²) in [6.45, 7) is 5.97. The van der Waals surface area contributed by atoms with Crippen molar-refractivity contribution in [2.45, 2.75) is 90.9 Å². The first-order chi connectivity index (χ1) is 23.2. The van der Waals surface area contributed by atoms with E-state index < -0.39 is 0 Å². The molecule has 0 aliphatic carbocycles. The molecule has 0 unspecified atom stereocenters. The average Bonchev–Trinajstić information content (AvgIpc) is 3.80. The number of ether oxygens (including phenoxy) is 2. The van der Waals surface area contributed by atoms with Gasteiger partial charge in [0.15, 0.2) is 0 Å². The van der Waals surface area contributed by atoms with Gasteiger partial charge < -0.3 is 0 Å². The van der Waals surface area contributed by atoms with Gasteiger partial charge in [-0.2, -0.15) is 0 Å². The zero-order chi connectivity index (χ0) is 32.7. The summed E-state index contributed by atoms with van der Waals surface area (Å²) < 4.78 is 22.0. The van der Waals surface area contributed by atoms with E-state index in [0.717, 1.165) is 82.4 Å². The Balaban J connectivity index is 1.36. The Morgan fingerprint density at radius 1 is 0.638 bits per heavy atom. The molecule has 2 aromatic heterocycles. The standard InChI is InChI=1S/C39H47N3O3SSe/c1-3-5-7-9-11-13-27-44-32-19-15-30(16-20-32)42(31-17-21-33(22-18-31)45-28-14-12-10-8-6-4-2)36-25-24-35(38-39(36)41-47-40-38)37-26-23-34(29-43)46-37/h15-26,29H,3-14,27-28H2,1-2H3. The Bertz CT molecular complexity index is 1590. The Morgan fingerprint density at radius 2 is 1.17 bits per heavy atom. The van der Waals surface area contributed by atoms with Crippen molar-refractivity contribution in [3.05, 3.63) is 77.7 Å². The summed E-state index contributed by atoms with van der Waals surface area (Å²) in [5.41, 5.74) is 5.80. The van der Waals surface area contributed by atoms with Crippen molar-refractivity contribution >= 4 is 60.7 Å². The van der Waals surface area contributed by atoms with E-state index in [9.17, 15) is 4.79 Å². The molecule has 5 rings (SSSR count). The molecule has 0 aliphatic heterocycles. The fraction of sp³-hybridized carbons (Fsp3) is 0.410. The molecule has 0 saturated carbocycles. The van der Waals surface area contributed by atoms with Crippen molar-refractivity contribution in [2.75, 3.05) is 18.1 Å². The van der Waals surface area contributed by atoms with Crippen LogP contribution in [0.25, 0.3) is 21.5 Å². The minimum atomic E-state index is -0.230. The Hall–Kier alpha value is -3.45. The second-order valence-electron chi connectivity index (χ2n) is 12.0. The molecule has 248 valence electrons. The summed E-state index contributed by atoms with van der Waals surface area (Å²) in [4.78, 5) is 15.4. The zero-order valence-electron chi connectivity index (χ0n) is 27.8. The maximum absolute atomic E-state index is 11.4. The number of benzene rings is 3. The predicted molar refractivity (Wildman–Crippen MR) is 198 cm³/mol. The molecule has 0 aliphatic rings. The van der Waals surface area contributed by atoms with Crippen molar-refractivity contribution in [3.8, 4) is 21.9 Å². The second kappa shape index (κ2) is 18.8. The molecule has 8 heteroatoms. The van der Waals surface area contributed by atoms with Gasteiger partial charge in [0.2, 0.25) is 0 Å². The number of nitrogens with zero attached hydrogens (tertiary/aromatic N) is 3. The number of rotatable bonds is 21. The van der Waals surface area contributed by atoms with Crippen LogP contribution in [0.15, 0.2) is 72.8 Å². The van der Waals surface area contributed by atoms with Gasteiger partial charge in [-0.05, 0) is 0 Å². The number of carbonyl (C=O) groups excluding carboxylic acids is 1. The SMILES string of the molecule is CCCCCCCCOc1ccc(N(c2ccc(OCCCCCCCC)cc2)c2ccc(-c3ccc(C=O)s3)c3n[se]nc23)cc1. The Labute approximate surface area is 290 Å². The molecule has 0 amide bonds. The van der Waals surface area contributed by atoms with Gasteiger partial charge >= 0.3 is 226 Å². The number of carbonyl (C=O) groups is 1. The van der Waals surface area contributed by atoms with Crippen LogP contribution in [0, 0.1) is 0 Å². The van der Waals surface area contributed by atoms with E-state index in [1.54, 1.807) is 0 Å². The molecule has 0 saturated heterocycles.